The van der Waals surface area contributed by atoms with E-state index in [9.17, 15) is 13.2 Å². The fourth-order valence-electron chi connectivity index (χ4n) is 1.79. The second-order valence-electron chi connectivity index (χ2n) is 4.40. The largest absolute Gasteiger partial charge is 0.497 e. The van der Waals surface area contributed by atoms with Crippen molar-refractivity contribution in [2.24, 2.45) is 0 Å². The number of ether oxygens (including phenoxy) is 1. The molecule has 22 heavy (non-hydrogen) atoms. The van der Waals surface area contributed by atoms with Crippen molar-refractivity contribution in [1.82, 2.24) is 5.32 Å². The van der Waals surface area contributed by atoms with Crippen molar-refractivity contribution in [3.8, 4) is 5.75 Å². The van der Waals surface area contributed by atoms with E-state index in [0.717, 1.165) is 11.3 Å². The van der Waals surface area contributed by atoms with Gasteiger partial charge in [-0.3, -0.25) is 9.10 Å². The molecule has 0 saturated carbocycles. The van der Waals surface area contributed by atoms with Gasteiger partial charge in [-0.2, -0.15) is 0 Å². The topological polar surface area (TPSA) is 75.7 Å². The molecule has 1 N–H and O–H groups in total. The number of hydrogen-bond donors (Lipinski definition) is 1. The highest BCUT2D eigenvalue weighted by Gasteiger charge is 2.24. The van der Waals surface area contributed by atoms with Crippen molar-refractivity contribution in [3.63, 3.8) is 0 Å². The van der Waals surface area contributed by atoms with Gasteiger partial charge < -0.3 is 10.1 Å². The zero-order valence-corrected chi connectivity index (χ0v) is 14.0. The fraction of sp³-hybridized carbons (Fsp3) is 0.214. The summed E-state index contributed by atoms with van der Waals surface area (Å²) in [5.41, 5.74) is 0.508. The highest BCUT2D eigenvalue weighted by Crippen LogP contribution is 2.27. The maximum Gasteiger partial charge on any atom is 0.264 e. The lowest BCUT2D eigenvalue weighted by atomic mass is 10.3. The number of nitrogens with one attached hydrogen (secondary N) is 1. The minimum absolute atomic E-state index is 0.0921. The number of carbonyl (C=O) groups is 1. The van der Waals surface area contributed by atoms with Crippen LogP contribution in [0.2, 0.25) is 0 Å². The zero-order valence-electron chi connectivity index (χ0n) is 12.4. The molecule has 2 rings (SSSR count). The fourth-order valence-corrected chi connectivity index (χ4v) is 4.19. The van der Waals surface area contributed by atoms with Crippen LogP contribution in [0, 0.1) is 0 Å². The SMILES string of the molecule is CNC(=O)c1cc(S(=O)(=O)N(C)c2ccc(OC)cc2)cs1. The summed E-state index contributed by atoms with van der Waals surface area (Å²) >= 11 is 1.09. The second-order valence-corrected chi connectivity index (χ2v) is 7.28. The molecule has 8 heteroatoms. The number of nitrogens with zero attached hydrogens (tertiary/aromatic N) is 1. The Bertz CT molecular complexity index is 766. The highest BCUT2D eigenvalue weighted by molar-refractivity contribution is 7.93. The molecule has 1 aromatic heterocycles. The van der Waals surface area contributed by atoms with Crippen LogP contribution >= 0.6 is 11.3 Å². The van der Waals surface area contributed by atoms with E-state index in [1.54, 1.807) is 31.4 Å². The summed E-state index contributed by atoms with van der Waals surface area (Å²) in [5, 5.41) is 3.93. The normalized spacial score (nSPS) is 11.0. The number of thiophene rings is 1. The lowest BCUT2D eigenvalue weighted by Crippen LogP contribution is -2.26. The van der Waals surface area contributed by atoms with Gasteiger partial charge in [-0.1, -0.05) is 0 Å². The van der Waals surface area contributed by atoms with Crippen LogP contribution in [-0.4, -0.2) is 35.5 Å². The monoisotopic (exact) mass is 340 g/mol. The summed E-state index contributed by atoms with van der Waals surface area (Å²) in [6.45, 7) is 0. The van der Waals surface area contributed by atoms with Crippen molar-refractivity contribution in [1.29, 1.82) is 0 Å². The van der Waals surface area contributed by atoms with Crippen LogP contribution in [0.4, 0.5) is 5.69 Å². The average molecular weight is 340 g/mol. The van der Waals surface area contributed by atoms with Crippen LogP contribution in [-0.2, 0) is 10.0 Å². The molecule has 6 nitrogen and oxygen atoms in total. The Morgan fingerprint density at radius 2 is 1.91 bits per heavy atom. The van der Waals surface area contributed by atoms with E-state index in [1.165, 1.54) is 29.8 Å². The zero-order chi connectivity index (χ0) is 16.3. The summed E-state index contributed by atoms with van der Waals surface area (Å²) in [7, 11) is 0.800. The molecule has 0 aliphatic carbocycles. The maximum atomic E-state index is 12.6. The lowest BCUT2D eigenvalue weighted by Gasteiger charge is -2.18. The quantitative estimate of drug-likeness (QED) is 0.902. The van der Waals surface area contributed by atoms with Crippen LogP contribution in [0.15, 0.2) is 40.6 Å². The smallest absolute Gasteiger partial charge is 0.264 e. The second kappa shape index (κ2) is 6.37. The first-order chi connectivity index (χ1) is 10.4. The van der Waals surface area contributed by atoms with Gasteiger partial charge in [0, 0.05) is 19.5 Å². The molecule has 2 aromatic rings. The summed E-state index contributed by atoms with van der Waals surface area (Å²) in [6.07, 6.45) is 0. The standard InChI is InChI=1S/C14H16N2O4S2/c1-15-14(17)13-8-12(9-21-13)22(18,19)16(2)10-4-6-11(20-3)7-5-10/h4-9H,1-3H3,(H,15,17). The Morgan fingerprint density at radius 3 is 2.45 bits per heavy atom. The Morgan fingerprint density at radius 1 is 1.27 bits per heavy atom. The van der Waals surface area contributed by atoms with E-state index in [-0.39, 0.29) is 10.8 Å². The number of rotatable bonds is 5. The number of hydrogen-bond acceptors (Lipinski definition) is 5. The van der Waals surface area contributed by atoms with Gasteiger partial charge in [0.1, 0.15) is 5.75 Å². The van der Waals surface area contributed by atoms with Gasteiger partial charge in [0.15, 0.2) is 0 Å². The van der Waals surface area contributed by atoms with Crippen molar-refractivity contribution in [2.75, 3.05) is 25.5 Å². The molecule has 0 aliphatic heterocycles. The van der Waals surface area contributed by atoms with E-state index in [2.05, 4.69) is 5.32 Å². The number of methoxy groups -OCH3 is 1. The molecule has 1 heterocycles. The van der Waals surface area contributed by atoms with Crippen LogP contribution in [0.5, 0.6) is 5.75 Å². The van der Waals surface area contributed by atoms with Crippen molar-refractivity contribution in [3.05, 3.63) is 40.6 Å². The van der Waals surface area contributed by atoms with Crippen LogP contribution < -0.4 is 14.4 Å². The molecule has 118 valence electrons. The summed E-state index contributed by atoms with van der Waals surface area (Å²) in [5.74, 6) is 0.338. The third-order valence-corrected chi connectivity index (χ3v) is 5.96. The van der Waals surface area contributed by atoms with Gasteiger partial charge >= 0.3 is 0 Å². The van der Waals surface area contributed by atoms with E-state index >= 15 is 0 Å². The van der Waals surface area contributed by atoms with E-state index in [1.807, 2.05) is 0 Å². The number of sulfonamides is 1. The third-order valence-electron chi connectivity index (χ3n) is 3.12. The third kappa shape index (κ3) is 3.07. The van der Waals surface area contributed by atoms with Gasteiger partial charge in [0.2, 0.25) is 0 Å². The number of benzene rings is 1. The van der Waals surface area contributed by atoms with Crippen molar-refractivity contribution >= 4 is 33.0 Å². The molecule has 0 atom stereocenters. The summed E-state index contributed by atoms with van der Waals surface area (Å²) < 4.78 is 31.4. The van der Waals surface area contributed by atoms with Gasteiger partial charge in [-0.15, -0.1) is 11.3 Å². The summed E-state index contributed by atoms with van der Waals surface area (Å²) in [4.78, 5) is 12.0. The van der Waals surface area contributed by atoms with E-state index < -0.39 is 10.0 Å². The van der Waals surface area contributed by atoms with Crippen LogP contribution in [0.3, 0.4) is 0 Å². The van der Waals surface area contributed by atoms with Crippen LogP contribution in [0.1, 0.15) is 9.67 Å². The molecule has 0 bridgehead atoms. The maximum absolute atomic E-state index is 12.6. The summed E-state index contributed by atoms with van der Waals surface area (Å²) in [6, 6.07) is 8.06. The molecular formula is C14H16N2O4S2. The van der Waals surface area contributed by atoms with Gasteiger partial charge in [0.05, 0.1) is 22.6 Å². The predicted molar refractivity (Wildman–Crippen MR) is 86.3 cm³/mol. The minimum Gasteiger partial charge on any atom is -0.497 e. The van der Waals surface area contributed by atoms with Crippen LogP contribution in [0.25, 0.3) is 0 Å². The number of amides is 1. The molecule has 0 fully saturated rings. The Kier molecular flexibility index (Phi) is 4.72. The highest BCUT2D eigenvalue weighted by atomic mass is 32.2. The van der Waals surface area contributed by atoms with Crippen molar-refractivity contribution < 1.29 is 17.9 Å². The molecular weight excluding hydrogens is 324 g/mol. The Hall–Kier alpha value is -2.06. The van der Waals surface area contributed by atoms with Gasteiger partial charge in [0.25, 0.3) is 15.9 Å². The molecule has 0 spiro atoms. The van der Waals surface area contributed by atoms with E-state index in [4.69, 9.17) is 4.74 Å². The number of anilines is 1. The molecule has 1 aromatic carbocycles. The first kappa shape index (κ1) is 16.3. The predicted octanol–water partition coefficient (Wildman–Crippen LogP) is 1.94. The lowest BCUT2D eigenvalue weighted by molar-refractivity contribution is 0.0967. The molecule has 0 unspecified atom stereocenters. The minimum atomic E-state index is -3.71. The average Bonchev–Trinajstić information content (AvgIpc) is 3.04. The Balaban J connectivity index is 2.32. The number of carbonyl (C=O) groups excluding carboxylic acids is 1. The molecule has 0 radical (unpaired) electrons. The van der Waals surface area contributed by atoms with E-state index in [0.29, 0.717) is 16.3 Å². The first-order valence-electron chi connectivity index (χ1n) is 6.33. The Labute approximate surface area is 133 Å². The first-order valence-corrected chi connectivity index (χ1v) is 8.65. The molecule has 1 amide bonds. The van der Waals surface area contributed by atoms with Gasteiger partial charge in [-0.25, -0.2) is 8.42 Å². The molecule has 0 saturated heterocycles. The van der Waals surface area contributed by atoms with Gasteiger partial charge in [-0.05, 0) is 30.3 Å². The molecule has 0 aliphatic rings. The van der Waals surface area contributed by atoms with Crippen molar-refractivity contribution in [2.45, 2.75) is 4.90 Å².